The molecule has 3 rings (SSSR count). The fraction of sp³-hybridized carbons (Fsp3) is 0.273. The average molecular weight is 505 g/mol. The number of para-hydroxylation sites is 1. The molecule has 0 saturated heterocycles. The molecule has 0 spiro atoms. The fourth-order valence-electron chi connectivity index (χ4n) is 2.81. The Labute approximate surface area is 189 Å². The molecular weight excluding hydrogens is 477 g/mol. The number of aromatic nitrogens is 2. The van der Waals surface area contributed by atoms with Gasteiger partial charge in [-0.25, -0.2) is 0 Å². The molecule has 0 aliphatic heterocycles. The number of benzene rings is 2. The molecule has 1 heterocycles. The lowest BCUT2D eigenvalue weighted by molar-refractivity contribution is 0.302. The normalized spacial score (nSPS) is 10.9. The summed E-state index contributed by atoms with van der Waals surface area (Å²) in [6.07, 6.45) is 4.74. The number of halogens is 1. The number of nitrogens with one attached hydrogen (secondary N) is 2. The van der Waals surface area contributed by atoms with Crippen LogP contribution in [-0.4, -0.2) is 29.3 Å². The van der Waals surface area contributed by atoms with Crippen molar-refractivity contribution in [2.24, 2.45) is 4.99 Å². The molecule has 3 aromatic rings. The minimum atomic E-state index is 0. The summed E-state index contributed by atoms with van der Waals surface area (Å²) in [5.41, 5.74) is 2.25. The first-order chi connectivity index (χ1) is 13.8. The van der Waals surface area contributed by atoms with Crippen LogP contribution in [0.4, 0.5) is 0 Å². The summed E-state index contributed by atoms with van der Waals surface area (Å²) in [5, 5.41) is 10.9. The van der Waals surface area contributed by atoms with Crippen LogP contribution in [0.2, 0.25) is 0 Å². The zero-order valence-electron chi connectivity index (χ0n) is 16.6. The first kappa shape index (κ1) is 22.7. The van der Waals surface area contributed by atoms with E-state index in [1.807, 2.05) is 53.3 Å². The van der Waals surface area contributed by atoms with Crippen molar-refractivity contribution in [2.45, 2.75) is 26.1 Å². The Morgan fingerprint density at radius 1 is 1.03 bits per heavy atom. The van der Waals surface area contributed by atoms with Crippen LogP contribution in [0.25, 0.3) is 0 Å². The molecule has 0 unspecified atom stereocenters. The molecule has 0 atom stereocenters. The Hall–Kier alpha value is -2.55. The summed E-state index contributed by atoms with van der Waals surface area (Å²) in [5.74, 6) is 1.66. The summed E-state index contributed by atoms with van der Waals surface area (Å²) >= 11 is 0. The third-order valence-electron chi connectivity index (χ3n) is 4.30. The molecule has 0 saturated carbocycles. The highest BCUT2D eigenvalue weighted by Crippen LogP contribution is 2.19. The van der Waals surface area contributed by atoms with E-state index in [4.69, 9.17) is 4.74 Å². The summed E-state index contributed by atoms with van der Waals surface area (Å²) in [6.45, 7) is 2.90. The third kappa shape index (κ3) is 7.77. The number of aryl methyl sites for hydroxylation is 1. The van der Waals surface area contributed by atoms with Crippen molar-refractivity contribution in [3.63, 3.8) is 0 Å². The van der Waals surface area contributed by atoms with Crippen LogP contribution in [0.3, 0.4) is 0 Å². The van der Waals surface area contributed by atoms with Crippen molar-refractivity contribution in [3.8, 4) is 5.75 Å². The Kier molecular flexibility index (Phi) is 10.1. The van der Waals surface area contributed by atoms with E-state index in [2.05, 4.69) is 38.9 Å². The van der Waals surface area contributed by atoms with Gasteiger partial charge in [-0.1, -0.05) is 48.5 Å². The van der Waals surface area contributed by atoms with Crippen LogP contribution in [0.5, 0.6) is 5.75 Å². The number of aliphatic imine (C=N–C) groups is 1. The molecule has 2 aromatic carbocycles. The zero-order chi connectivity index (χ0) is 19.4. The third-order valence-corrected chi connectivity index (χ3v) is 4.30. The Bertz CT molecular complexity index is 853. The van der Waals surface area contributed by atoms with Gasteiger partial charge in [-0.2, -0.15) is 5.10 Å². The van der Waals surface area contributed by atoms with Gasteiger partial charge in [-0.3, -0.25) is 9.67 Å². The molecule has 6 nitrogen and oxygen atoms in total. The Morgan fingerprint density at radius 3 is 2.59 bits per heavy atom. The predicted molar refractivity (Wildman–Crippen MR) is 128 cm³/mol. The maximum absolute atomic E-state index is 6.02. The molecule has 0 amide bonds. The van der Waals surface area contributed by atoms with E-state index in [9.17, 15) is 0 Å². The van der Waals surface area contributed by atoms with E-state index in [0.29, 0.717) is 13.2 Å². The second-order valence-electron chi connectivity index (χ2n) is 6.36. The van der Waals surface area contributed by atoms with Gasteiger partial charge in [0.2, 0.25) is 0 Å². The van der Waals surface area contributed by atoms with Gasteiger partial charge in [0.05, 0.1) is 0 Å². The lowest BCUT2D eigenvalue weighted by Gasteiger charge is -2.15. The molecule has 29 heavy (non-hydrogen) atoms. The second-order valence-corrected chi connectivity index (χ2v) is 6.36. The molecule has 154 valence electrons. The van der Waals surface area contributed by atoms with E-state index in [1.165, 1.54) is 0 Å². The quantitative estimate of drug-likeness (QED) is 0.201. The molecular formula is C22H28IN5O. The van der Waals surface area contributed by atoms with E-state index >= 15 is 0 Å². The predicted octanol–water partition coefficient (Wildman–Crippen LogP) is 3.84. The van der Waals surface area contributed by atoms with Gasteiger partial charge < -0.3 is 15.4 Å². The van der Waals surface area contributed by atoms with Crippen LogP contribution < -0.4 is 15.4 Å². The fourth-order valence-corrected chi connectivity index (χ4v) is 2.81. The molecule has 0 bridgehead atoms. The minimum absolute atomic E-state index is 0. The largest absolute Gasteiger partial charge is 0.489 e. The van der Waals surface area contributed by atoms with Gasteiger partial charge in [-0.15, -0.1) is 24.0 Å². The van der Waals surface area contributed by atoms with Crippen LogP contribution in [0, 0.1) is 0 Å². The summed E-state index contributed by atoms with van der Waals surface area (Å²) < 4.78 is 7.95. The standard InChI is InChI=1S/C22H27N5O.HI/c1-23-22(24-13-7-15-27-16-8-14-26-27)25-17-20-11-5-6-12-21(20)28-18-19-9-3-2-4-10-19;/h2-6,8-12,14,16H,7,13,15,17-18H2,1H3,(H2,23,24,25);1H. The Morgan fingerprint density at radius 2 is 1.83 bits per heavy atom. The van der Waals surface area contributed by atoms with Gasteiger partial charge in [0, 0.05) is 44.6 Å². The Balaban J connectivity index is 0.00000300. The summed E-state index contributed by atoms with van der Waals surface area (Å²) in [4.78, 5) is 4.29. The number of rotatable bonds is 9. The maximum atomic E-state index is 6.02. The van der Waals surface area contributed by atoms with Gasteiger partial charge in [0.15, 0.2) is 5.96 Å². The highest BCUT2D eigenvalue weighted by Gasteiger charge is 2.05. The van der Waals surface area contributed by atoms with Crippen molar-refractivity contribution in [3.05, 3.63) is 84.2 Å². The van der Waals surface area contributed by atoms with Crippen LogP contribution >= 0.6 is 24.0 Å². The van der Waals surface area contributed by atoms with E-state index in [-0.39, 0.29) is 24.0 Å². The molecule has 7 heteroatoms. The number of guanidine groups is 1. The molecule has 0 radical (unpaired) electrons. The van der Waals surface area contributed by atoms with Gasteiger partial charge in [0.25, 0.3) is 0 Å². The summed E-state index contributed by atoms with van der Waals surface area (Å²) in [6, 6.07) is 20.2. The van der Waals surface area contributed by atoms with Gasteiger partial charge in [0.1, 0.15) is 12.4 Å². The lowest BCUT2D eigenvalue weighted by Crippen LogP contribution is -2.37. The topological polar surface area (TPSA) is 63.5 Å². The van der Waals surface area contributed by atoms with E-state index in [1.54, 1.807) is 13.2 Å². The number of hydrogen-bond donors (Lipinski definition) is 2. The number of hydrogen-bond acceptors (Lipinski definition) is 3. The molecule has 2 N–H and O–H groups in total. The molecule has 0 aliphatic rings. The molecule has 1 aromatic heterocycles. The zero-order valence-corrected chi connectivity index (χ0v) is 19.0. The highest BCUT2D eigenvalue weighted by molar-refractivity contribution is 14.0. The van der Waals surface area contributed by atoms with Crippen molar-refractivity contribution < 1.29 is 4.74 Å². The van der Waals surface area contributed by atoms with Crippen molar-refractivity contribution >= 4 is 29.9 Å². The van der Waals surface area contributed by atoms with Crippen LogP contribution in [-0.2, 0) is 19.7 Å². The summed E-state index contributed by atoms with van der Waals surface area (Å²) in [7, 11) is 1.78. The lowest BCUT2D eigenvalue weighted by atomic mass is 10.2. The monoisotopic (exact) mass is 505 g/mol. The first-order valence-electron chi connectivity index (χ1n) is 9.52. The molecule has 0 aliphatic carbocycles. The second kappa shape index (κ2) is 12.8. The average Bonchev–Trinajstić information content (AvgIpc) is 3.27. The number of nitrogens with zero attached hydrogens (tertiary/aromatic N) is 3. The maximum Gasteiger partial charge on any atom is 0.191 e. The SMILES string of the molecule is CN=C(NCCCn1cccn1)NCc1ccccc1OCc1ccccc1.I. The first-order valence-corrected chi connectivity index (χ1v) is 9.52. The van der Waals surface area contributed by atoms with Crippen LogP contribution in [0.15, 0.2) is 78.0 Å². The van der Waals surface area contributed by atoms with E-state index < -0.39 is 0 Å². The smallest absolute Gasteiger partial charge is 0.191 e. The minimum Gasteiger partial charge on any atom is -0.489 e. The van der Waals surface area contributed by atoms with Gasteiger partial charge in [-0.05, 0) is 24.1 Å². The highest BCUT2D eigenvalue weighted by atomic mass is 127. The van der Waals surface area contributed by atoms with Crippen molar-refractivity contribution in [1.29, 1.82) is 0 Å². The number of ether oxygens (including phenoxy) is 1. The molecule has 0 fully saturated rings. The van der Waals surface area contributed by atoms with E-state index in [0.717, 1.165) is 42.3 Å². The van der Waals surface area contributed by atoms with Gasteiger partial charge >= 0.3 is 0 Å². The van der Waals surface area contributed by atoms with Crippen molar-refractivity contribution in [2.75, 3.05) is 13.6 Å². The van der Waals surface area contributed by atoms with Crippen molar-refractivity contribution in [1.82, 2.24) is 20.4 Å². The van der Waals surface area contributed by atoms with Crippen LogP contribution in [0.1, 0.15) is 17.5 Å².